The van der Waals surface area contributed by atoms with Crippen molar-refractivity contribution in [1.82, 2.24) is 0 Å². The molecule has 0 heterocycles. The second-order valence-electron chi connectivity index (χ2n) is 9.36. The van der Waals surface area contributed by atoms with Crippen molar-refractivity contribution in [3.63, 3.8) is 0 Å². The van der Waals surface area contributed by atoms with Gasteiger partial charge in [-0.25, -0.2) is 0 Å². The van der Waals surface area contributed by atoms with Crippen LogP contribution in [0.1, 0.15) is 61.4 Å². The number of ketones is 1. The third-order valence-electron chi connectivity index (χ3n) is 7.30. The molecule has 28 heavy (non-hydrogen) atoms. The number of rotatable bonds is 5. The molecule has 3 heteroatoms. The van der Waals surface area contributed by atoms with E-state index in [4.69, 9.17) is 16.3 Å². The number of carbonyl (C=O) groups is 1. The van der Waals surface area contributed by atoms with E-state index in [1.807, 2.05) is 0 Å². The smallest absolute Gasteiger partial charge is 0.203 e. The number of hydrogen-bond donors (Lipinski definition) is 0. The minimum Gasteiger partial charge on any atom is -0.483 e. The fourth-order valence-electron chi connectivity index (χ4n) is 6.49. The average Bonchev–Trinajstić information content (AvgIpc) is 2.67. The quantitative estimate of drug-likeness (QED) is 0.544. The van der Waals surface area contributed by atoms with Crippen LogP contribution in [0.15, 0.2) is 48.5 Å². The standard InChI is InChI=1S/C25H27ClO2/c1-16(24(27)20-3-2-4-22(26)12-20)28-23-7-5-21(6-8-23)25-13-17-9-18(14-25)11-19(10-17)15-25/h2-8,12,16-19H,9-11,13-15H2,1H3/t16-,17?,18?,19?,25?/m0/s1. The third kappa shape index (κ3) is 3.26. The highest BCUT2D eigenvalue weighted by Crippen LogP contribution is 2.60. The van der Waals surface area contributed by atoms with E-state index >= 15 is 0 Å². The van der Waals surface area contributed by atoms with Crippen molar-refractivity contribution in [3.05, 3.63) is 64.7 Å². The van der Waals surface area contributed by atoms with Crippen molar-refractivity contribution in [2.75, 3.05) is 0 Å². The molecule has 1 atom stereocenters. The highest BCUT2D eigenvalue weighted by atomic mass is 35.5. The maximum Gasteiger partial charge on any atom is 0.203 e. The first kappa shape index (κ1) is 18.2. The molecule has 2 nitrogen and oxygen atoms in total. The molecule has 2 aromatic carbocycles. The summed E-state index contributed by atoms with van der Waals surface area (Å²) in [5.41, 5.74) is 2.47. The fourth-order valence-corrected chi connectivity index (χ4v) is 6.68. The van der Waals surface area contributed by atoms with Crippen molar-refractivity contribution >= 4 is 17.4 Å². The Balaban J connectivity index is 1.30. The highest BCUT2D eigenvalue weighted by molar-refractivity contribution is 6.31. The van der Waals surface area contributed by atoms with Gasteiger partial charge in [0.25, 0.3) is 0 Å². The highest BCUT2D eigenvalue weighted by Gasteiger charge is 2.51. The SMILES string of the molecule is C[C@H](Oc1ccc(C23CC4CC(CC(C4)C2)C3)cc1)C(=O)c1cccc(Cl)c1. The Hall–Kier alpha value is -1.80. The molecule has 0 aromatic heterocycles. The minimum atomic E-state index is -0.538. The summed E-state index contributed by atoms with van der Waals surface area (Å²) in [5, 5.41) is 0.568. The van der Waals surface area contributed by atoms with E-state index in [2.05, 4.69) is 24.3 Å². The Bertz CT molecular complexity index is 850. The number of Topliss-reactive ketones (excluding diaryl/α,β-unsaturated/α-hetero) is 1. The van der Waals surface area contributed by atoms with Gasteiger partial charge in [-0.05, 0) is 98.4 Å². The summed E-state index contributed by atoms with van der Waals surface area (Å²) in [6, 6.07) is 15.6. The molecule has 4 saturated carbocycles. The summed E-state index contributed by atoms with van der Waals surface area (Å²) >= 11 is 6.01. The van der Waals surface area contributed by atoms with Gasteiger partial charge in [-0.3, -0.25) is 4.79 Å². The van der Waals surface area contributed by atoms with E-state index in [1.54, 1.807) is 31.2 Å². The molecule has 0 amide bonds. The Morgan fingerprint density at radius 1 is 1.00 bits per heavy atom. The predicted molar refractivity (Wildman–Crippen MR) is 112 cm³/mol. The minimum absolute atomic E-state index is 0.0485. The summed E-state index contributed by atoms with van der Waals surface area (Å²) in [6.45, 7) is 1.80. The van der Waals surface area contributed by atoms with Gasteiger partial charge >= 0.3 is 0 Å². The van der Waals surface area contributed by atoms with Crippen molar-refractivity contribution < 1.29 is 9.53 Å². The molecular formula is C25H27ClO2. The Morgan fingerprint density at radius 3 is 2.18 bits per heavy atom. The van der Waals surface area contributed by atoms with Crippen LogP contribution in [-0.2, 0) is 5.41 Å². The number of benzene rings is 2. The van der Waals surface area contributed by atoms with Crippen molar-refractivity contribution in [3.8, 4) is 5.75 Å². The van der Waals surface area contributed by atoms with Crippen LogP contribution in [0.2, 0.25) is 5.02 Å². The molecule has 0 radical (unpaired) electrons. The maximum absolute atomic E-state index is 12.6. The molecule has 0 spiro atoms. The second-order valence-corrected chi connectivity index (χ2v) is 9.79. The molecule has 6 rings (SSSR count). The summed E-state index contributed by atoms with van der Waals surface area (Å²) in [4.78, 5) is 12.6. The summed E-state index contributed by atoms with van der Waals surface area (Å²) < 4.78 is 5.95. The zero-order valence-electron chi connectivity index (χ0n) is 16.4. The van der Waals surface area contributed by atoms with Crippen LogP contribution in [0.5, 0.6) is 5.75 Å². The van der Waals surface area contributed by atoms with E-state index < -0.39 is 6.10 Å². The van der Waals surface area contributed by atoms with Crippen molar-refractivity contribution in [2.45, 2.75) is 57.0 Å². The van der Waals surface area contributed by atoms with Crippen molar-refractivity contribution in [1.29, 1.82) is 0 Å². The lowest BCUT2D eigenvalue weighted by Crippen LogP contribution is -2.48. The first-order chi connectivity index (χ1) is 13.5. The van der Waals surface area contributed by atoms with Gasteiger partial charge in [-0.2, -0.15) is 0 Å². The molecule has 4 aliphatic carbocycles. The van der Waals surface area contributed by atoms with Gasteiger partial charge < -0.3 is 4.74 Å². The summed E-state index contributed by atoms with van der Waals surface area (Å²) in [5.74, 6) is 3.54. The molecular weight excluding hydrogens is 368 g/mol. The van der Waals surface area contributed by atoms with Gasteiger partial charge in [0.1, 0.15) is 5.75 Å². The van der Waals surface area contributed by atoms with Gasteiger partial charge in [0.05, 0.1) is 0 Å². The Kier molecular flexibility index (Phi) is 4.50. The van der Waals surface area contributed by atoms with E-state index in [0.29, 0.717) is 16.0 Å². The van der Waals surface area contributed by atoms with E-state index in [1.165, 1.54) is 44.1 Å². The summed E-state index contributed by atoms with van der Waals surface area (Å²) in [7, 11) is 0. The molecule has 2 aromatic rings. The number of hydrogen-bond acceptors (Lipinski definition) is 2. The first-order valence-electron chi connectivity index (χ1n) is 10.6. The van der Waals surface area contributed by atoms with Gasteiger partial charge in [0, 0.05) is 10.6 Å². The molecule has 0 N–H and O–H groups in total. The normalized spacial score (nSPS) is 31.6. The van der Waals surface area contributed by atoms with Crippen LogP contribution < -0.4 is 4.74 Å². The topological polar surface area (TPSA) is 26.3 Å². The molecule has 4 aliphatic rings. The van der Waals surface area contributed by atoms with Crippen LogP contribution in [0.3, 0.4) is 0 Å². The van der Waals surface area contributed by atoms with Gasteiger partial charge in [-0.1, -0.05) is 35.9 Å². The van der Waals surface area contributed by atoms with Crippen LogP contribution in [0, 0.1) is 17.8 Å². The lowest BCUT2D eigenvalue weighted by molar-refractivity contribution is -0.00521. The molecule has 146 valence electrons. The fraction of sp³-hybridized carbons (Fsp3) is 0.480. The lowest BCUT2D eigenvalue weighted by atomic mass is 9.48. The molecule has 0 saturated heterocycles. The van der Waals surface area contributed by atoms with E-state index in [0.717, 1.165) is 23.5 Å². The molecule has 4 fully saturated rings. The Morgan fingerprint density at radius 2 is 1.61 bits per heavy atom. The van der Waals surface area contributed by atoms with Gasteiger partial charge in [0.15, 0.2) is 6.10 Å². The first-order valence-corrected chi connectivity index (χ1v) is 11.0. The van der Waals surface area contributed by atoms with Crippen LogP contribution in [0.4, 0.5) is 0 Å². The monoisotopic (exact) mass is 394 g/mol. The lowest BCUT2D eigenvalue weighted by Gasteiger charge is -2.57. The number of carbonyl (C=O) groups excluding carboxylic acids is 1. The number of halogens is 1. The molecule has 0 aliphatic heterocycles. The van der Waals surface area contributed by atoms with Crippen molar-refractivity contribution in [2.24, 2.45) is 17.8 Å². The maximum atomic E-state index is 12.6. The van der Waals surface area contributed by atoms with Crippen LogP contribution in [0.25, 0.3) is 0 Å². The summed E-state index contributed by atoms with van der Waals surface area (Å²) in [6.07, 6.45) is 7.94. The average molecular weight is 395 g/mol. The molecule has 0 unspecified atom stereocenters. The van der Waals surface area contributed by atoms with Crippen LogP contribution >= 0.6 is 11.6 Å². The Labute approximate surface area is 172 Å². The number of ether oxygens (including phenoxy) is 1. The van der Waals surface area contributed by atoms with Crippen LogP contribution in [-0.4, -0.2) is 11.9 Å². The largest absolute Gasteiger partial charge is 0.483 e. The third-order valence-corrected chi connectivity index (χ3v) is 7.53. The van der Waals surface area contributed by atoms with Gasteiger partial charge in [-0.15, -0.1) is 0 Å². The molecule has 4 bridgehead atoms. The predicted octanol–water partition coefficient (Wildman–Crippen LogP) is 6.46. The van der Waals surface area contributed by atoms with Gasteiger partial charge in [0.2, 0.25) is 5.78 Å². The zero-order valence-corrected chi connectivity index (χ0v) is 17.1. The second kappa shape index (κ2) is 6.91. The van der Waals surface area contributed by atoms with E-state index in [9.17, 15) is 4.79 Å². The zero-order chi connectivity index (χ0) is 19.3. The van der Waals surface area contributed by atoms with E-state index in [-0.39, 0.29) is 5.78 Å².